The highest BCUT2D eigenvalue weighted by Crippen LogP contribution is 2.36. The third kappa shape index (κ3) is 7.58. The van der Waals surface area contributed by atoms with E-state index in [9.17, 15) is 30.3 Å². The average Bonchev–Trinajstić information content (AvgIpc) is 2.94. The molecule has 14 atom stereocenters. The van der Waals surface area contributed by atoms with Crippen molar-refractivity contribution in [2.75, 3.05) is 26.2 Å². The minimum Gasteiger partial charge on any atom is -0.394 e. The number of nitrogens with one attached hydrogen (secondary N) is 2. The van der Waals surface area contributed by atoms with Gasteiger partial charge in [-0.15, -0.1) is 0 Å². The van der Waals surface area contributed by atoms with Gasteiger partial charge >= 0.3 is 0 Å². The van der Waals surface area contributed by atoms with Crippen LogP contribution in [0, 0.1) is 11.8 Å². The van der Waals surface area contributed by atoms with Crippen molar-refractivity contribution >= 4 is 5.91 Å². The van der Waals surface area contributed by atoms with Crippen molar-refractivity contribution in [2.24, 2.45) is 40.5 Å². The van der Waals surface area contributed by atoms with Gasteiger partial charge in [0.25, 0.3) is 0 Å². The maximum absolute atomic E-state index is 12.6. The summed E-state index contributed by atoms with van der Waals surface area (Å²) in [5.41, 5.74) is 30.4. The molecule has 0 aromatic rings. The van der Waals surface area contributed by atoms with Gasteiger partial charge in [-0.1, -0.05) is 0 Å². The average molecular weight is 606 g/mol. The minimum atomic E-state index is -1.52. The zero-order chi connectivity index (χ0) is 30.7. The standard InChI is InChI=1S/C26H51N7O9/c27-6-16(35)25(39)33-15-5-14(30)18(21(37)24(15)42-26-22(38)19(31)20(36)17(9-34)41-26)23-13(29)2-1-12(40-23)8-32-7-10-3-11(28)4-10/h10-24,26,32,34-38H,1-9,27-31H2,(H,33,39)/t10?,11?,12-,13+,14-,15+,16-,17+,18?,19-,20+,21-,22+,23-,24-,26+/m0/s1. The molecule has 2 heterocycles. The van der Waals surface area contributed by atoms with Gasteiger partial charge < -0.3 is 79.0 Å². The Morgan fingerprint density at radius 1 is 0.952 bits per heavy atom. The van der Waals surface area contributed by atoms with E-state index in [1.165, 1.54) is 0 Å². The van der Waals surface area contributed by atoms with Crippen LogP contribution in [0.4, 0.5) is 0 Å². The molecule has 2 saturated heterocycles. The van der Waals surface area contributed by atoms with E-state index in [-0.39, 0.29) is 25.1 Å². The van der Waals surface area contributed by atoms with Crippen molar-refractivity contribution in [3.8, 4) is 0 Å². The van der Waals surface area contributed by atoms with Crippen LogP contribution in [0.15, 0.2) is 0 Å². The van der Waals surface area contributed by atoms with Crippen LogP contribution in [-0.2, 0) is 19.0 Å². The largest absolute Gasteiger partial charge is 0.394 e. The second-order valence-corrected chi connectivity index (χ2v) is 12.4. The van der Waals surface area contributed by atoms with Crippen LogP contribution < -0.4 is 39.3 Å². The lowest BCUT2D eigenvalue weighted by atomic mass is 9.72. The predicted octanol–water partition coefficient (Wildman–Crippen LogP) is -6.15. The number of rotatable bonds is 11. The van der Waals surface area contributed by atoms with Gasteiger partial charge in [-0.25, -0.2) is 0 Å². The molecule has 17 N–H and O–H groups in total. The van der Waals surface area contributed by atoms with Gasteiger partial charge in [0.2, 0.25) is 5.91 Å². The summed E-state index contributed by atoms with van der Waals surface area (Å²) in [6, 6.07) is -2.99. The first kappa shape index (κ1) is 33.8. The fourth-order valence-corrected chi connectivity index (χ4v) is 6.68. The maximum atomic E-state index is 12.6. The number of carbonyl (C=O) groups is 1. The van der Waals surface area contributed by atoms with Crippen LogP contribution in [0.2, 0.25) is 0 Å². The van der Waals surface area contributed by atoms with Crippen molar-refractivity contribution in [3.05, 3.63) is 0 Å². The van der Waals surface area contributed by atoms with Gasteiger partial charge in [0.05, 0.1) is 37.0 Å². The monoisotopic (exact) mass is 605 g/mol. The molecule has 2 aliphatic carbocycles. The van der Waals surface area contributed by atoms with E-state index < -0.39 is 91.6 Å². The van der Waals surface area contributed by atoms with E-state index in [0.29, 0.717) is 18.9 Å². The molecule has 0 spiro atoms. The number of ether oxygens (including phenoxy) is 3. The van der Waals surface area contributed by atoms with E-state index >= 15 is 0 Å². The summed E-state index contributed by atoms with van der Waals surface area (Å²) in [5, 5.41) is 58.4. The first-order valence-electron chi connectivity index (χ1n) is 15.0. The lowest BCUT2D eigenvalue weighted by molar-refractivity contribution is -0.306. The molecule has 1 unspecified atom stereocenters. The Kier molecular flexibility index (Phi) is 11.9. The van der Waals surface area contributed by atoms with Crippen LogP contribution in [0.1, 0.15) is 32.1 Å². The molecule has 4 rings (SSSR count). The highest BCUT2D eigenvalue weighted by Gasteiger charge is 2.53. The molecule has 0 radical (unpaired) electrons. The zero-order valence-corrected chi connectivity index (χ0v) is 23.9. The summed E-state index contributed by atoms with van der Waals surface area (Å²) in [5.74, 6) is -0.961. The fourth-order valence-electron chi connectivity index (χ4n) is 6.68. The van der Waals surface area contributed by atoms with Gasteiger partial charge in [0, 0.05) is 37.1 Å². The summed E-state index contributed by atoms with van der Waals surface area (Å²) in [4.78, 5) is 12.6. The Morgan fingerprint density at radius 2 is 1.67 bits per heavy atom. The van der Waals surface area contributed by atoms with E-state index in [0.717, 1.165) is 25.8 Å². The summed E-state index contributed by atoms with van der Waals surface area (Å²) >= 11 is 0. The van der Waals surface area contributed by atoms with Crippen molar-refractivity contribution in [2.45, 2.75) is 117 Å². The summed E-state index contributed by atoms with van der Waals surface area (Å²) < 4.78 is 18.1. The Bertz CT molecular complexity index is 872. The highest BCUT2D eigenvalue weighted by atomic mass is 16.7. The van der Waals surface area contributed by atoms with Gasteiger partial charge in [-0.3, -0.25) is 4.79 Å². The maximum Gasteiger partial charge on any atom is 0.250 e. The molecule has 244 valence electrons. The second-order valence-electron chi connectivity index (χ2n) is 12.4. The van der Waals surface area contributed by atoms with Gasteiger partial charge in [-0.05, 0) is 44.6 Å². The van der Waals surface area contributed by atoms with E-state index in [1.807, 2.05) is 0 Å². The molecule has 16 nitrogen and oxygen atoms in total. The molecule has 2 aliphatic heterocycles. The van der Waals surface area contributed by atoms with E-state index in [4.69, 9.17) is 42.9 Å². The fraction of sp³-hybridized carbons (Fsp3) is 0.962. The topological polar surface area (TPSA) is 300 Å². The minimum absolute atomic E-state index is 0.105. The first-order valence-corrected chi connectivity index (χ1v) is 15.0. The molecule has 4 fully saturated rings. The van der Waals surface area contributed by atoms with E-state index in [1.54, 1.807) is 0 Å². The first-order chi connectivity index (χ1) is 19.9. The molecule has 16 heteroatoms. The third-order valence-corrected chi connectivity index (χ3v) is 9.28. The van der Waals surface area contributed by atoms with Crippen LogP contribution in [0.5, 0.6) is 0 Å². The molecular formula is C26H51N7O9. The molecule has 4 aliphatic rings. The zero-order valence-electron chi connectivity index (χ0n) is 23.9. The number of carbonyl (C=O) groups excluding carboxylic acids is 1. The molecule has 42 heavy (non-hydrogen) atoms. The Balaban J connectivity index is 1.49. The van der Waals surface area contributed by atoms with Crippen molar-refractivity contribution in [1.29, 1.82) is 0 Å². The van der Waals surface area contributed by atoms with Crippen LogP contribution in [0.25, 0.3) is 0 Å². The lowest BCUT2D eigenvalue weighted by Crippen LogP contribution is -2.69. The lowest BCUT2D eigenvalue weighted by Gasteiger charge is -2.51. The summed E-state index contributed by atoms with van der Waals surface area (Å²) in [6.45, 7) is 0.522. The van der Waals surface area contributed by atoms with Gasteiger partial charge in [0.1, 0.15) is 30.5 Å². The number of nitrogens with two attached hydrogens (primary N) is 5. The van der Waals surface area contributed by atoms with Crippen molar-refractivity contribution in [3.63, 3.8) is 0 Å². The van der Waals surface area contributed by atoms with Crippen LogP contribution in [-0.4, -0.2) is 143 Å². The quantitative estimate of drug-likeness (QED) is 0.104. The van der Waals surface area contributed by atoms with Crippen molar-refractivity contribution in [1.82, 2.24) is 10.6 Å². The van der Waals surface area contributed by atoms with Gasteiger partial charge in [0.15, 0.2) is 6.29 Å². The predicted molar refractivity (Wildman–Crippen MR) is 149 cm³/mol. The number of aliphatic hydroxyl groups excluding tert-OH is 5. The van der Waals surface area contributed by atoms with E-state index in [2.05, 4.69) is 10.6 Å². The van der Waals surface area contributed by atoms with Crippen LogP contribution in [0.3, 0.4) is 0 Å². The number of amides is 1. The smallest absolute Gasteiger partial charge is 0.250 e. The summed E-state index contributed by atoms with van der Waals surface area (Å²) in [6.07, 6.45) is -6.92. The molecule has 0 aromatic carbocycles. The summed E-state index contributed by atoms with van der Waals surface area (Å²) in [7, 11) is 0. The van der Waals surface area contributed by atoms with Gasteiger partial charge in [-0.2, -0.15) is 0 Å². The third-order valence-electron chi connectivity index (χ3n) is 9.28. The van der Waals surface area contributed by atoms with Crippen molar-refractivity contribution < 1.29 is 44.5 Å². The number of hydrogen-bond donors (Lipinski definition) is 12. The molecule has 2 saturated carbocycles. The Labute approximate surface area is 245 Å². The molecule has 0 bridgehead atoms. The molecular weight excluding hydrogens is 554 g/mol. The molecule has 0 aromatic heterocycles. The number of hydrogen-bond acceptors (Lipinski definition) is 15. The Morgan fingerprint density at radius 3 is 2.31 bits per heavy atom. The second kappa shape index (κ2) is 14.8. The van der Waals surface area contributed by atoms with Crippen LogP contribution >= 0.6 is 0 Å². The Hall–Kier alpha value is -1.09. The highest BCUT2D eigenvalue weighted by molar-refractivity contribution is 5.81. The molecule has 1 amide bonds. The number of aliphatic hydroxyl groups is 5. The normalized spacial score (nSPS) is 47.0. The SMILES string of the molecule is NC[C@H](O)C(=O)N[C@@H]1C[C@H](N)C([C@H]2O[C@H](CNCC3CC(N)C3)CC[C@H]2N)[C@H](O)[C@H]1O[C@H]1O[C@H](CO)[C@@H](O)[C@H](N)[C@H]1O.